The van der Waals surface area contributed by atoms with Gasteiger partial charge in [-0.1, -0.05) is 6.08 Å². The summed E-state index contributed by atoms with van der Waals surface area (Å²) >= 11 is 0. The lowest BCUT2D eigenvalue weighted by atomic mass is 9.86. The standard InChI is InChI=1S/C18H32O11/c1-3-4-18(2,26)5-8-11(21)14(24)16(10(7-20)27-8)29-17-15(25)13(23)12(22)9(6-19)28-17/h3,8-17,19-26H,1,4-7H2,2H3/t8?,9-,10-,11+,12+,13+,14-,15-,16-,17+,18?/m1/s1. The summed E-state index contributed by atoms with van der Waals surface area (Å²) in [7, 11) is 0. The molecule has 2 fully saturated rings. The Kier molecular flexibility index (Phi) is 8.53. The van der Waals surface area contributed by atoms with Gasteiger partial charge in [0, 0.05) is 6.42 Å². The first-order valence-electron chi connectivity index (χ1n) is 9.48. The topological polar surface area (TPSA) is 190 Å². The lowest BCUT2D eigenvalue weighted by Crippen LogP contribution is -2.64. The number of aliphatic hydroxyl groups is 8. The van der Waals surface area contributed by atoms with Crippen LogP contribution in [-0.2, 0) is 14.2 Å². The summed E-state index contributed by atoms with van der Waals surface area (Å²) in [6.07, 6.45) is -12.7. The van der Waals surface area contributed by atoms with E-state index >= 15 is 0 Å². The fourth-order valence-electron chi connectivity index (χ4n) is 3.66. The average Bonchev–Trinajstić information content (AvgIpc) is 2.67. The Bertz CT molecular complexity index is 526. The van der Waals surface area contributed by atoms with Gasteiger partial charge < -0.3 is 55.1 Å². The Hall–Kier alpha value is -0.700. The number of ether oxygens (including phenoxy) is 3. The molecular weight excluding hydrogens is 392 g/mol. The normalized spacial score (nSPS) is 45.6. The number of aliphatic hydroxyl groups excluding tert-OH is 7. The van der Waals surface area contributed by atoms with Crippen LogP contribution in [0.15, 0.2) is 12.7 Å². The fourth-order valence-corrected chi connectivity index (χ4v) is 3.66. The molecule has 11 atom stereocenters. The minimum atomic E-state index is -1.72. The van der Waals surface area contributed by atoms with E-state index in [0.717, 1.165) is 0 Å². The van der Waals surface area contributed by atoms with Crippen molar-refractivity contribution in [2.45, 2.75) is 86.6 Å². The summed E-state index contributed by atoms with van der Waals surface area (Å²) in [4.78, 5) is 0. The first-order chi connectivity index (χ1) is 13.6. The molecule has 0 bridgehead atoms. The van der Waals surface area contributed by atoms with E-state index in [1.54, 1.807) is 0 Å². The van der Waals surface area contributed by atoms with E-state index in [1.165, 1.54) is 13.0 Å². The molecule has 0 aliphatic carbocycles. The quantitative estimate of drug-likeness (QED) is 0.179. The largest absolute Gasteiger partial charge is 0.394 e. The zero-order valence-electron chi connectivity index (χ0n) is 16.2. The third-order valence-electron chi connectivity index (χ3n) is 5.33. The van der Waals surface area contributed by atoms with Crippen molar-refractivity contribution in [1.29, 1.82) is 0 Å². The molecule has 0 spiro atoms. The summed E-state index contributed by atoms with van der Waals surface area (Å²) < 4.78 is 16.3. The Morgan fingerprint density at radius 1 is 0.862 bits per heavy atom. The first kappa shape index (κ1) is 24.6. The van der Waals surface area contributed by atoms with Gasteiger partial charge in [-0.2, -0.15) is 0 Å². The molecule has 0 aromatic rings. The van der Waals surface area contributed by atoms with Crippen molar-refractivity contribution in [3.05, 3.63) is 12.7 Å². The van der Waals surface area contributed by atoms with Crippen LogP contribution in [0.25, 0.3) is 0 Å². The molecule has 2 saturated heterocycles. The maximum absolute atomic E-state index is 10.5. The van der Waals surface area contributed by atoms with E-state index in [2.05, 4.69) is 6.58 Å². The van der Waals surface area contributed by atoms with Crippen LogP contribution in [-0.4, -0.2) is 121 Å². The monoisotopic (exact) mass is 424 g/mol. The van der Waals surface area contributed by atoms with Gasteiger partial charge in [-0.05, 0) is 13.3 Å². The van der Waals surface area contributed by atoms with Crippen LogP contribution in [0, 0.1) is 0 Å². The Balaban J connectivity index is 2.12. The predicted molar refractivity (Wildman–Crippen MR) is 96.5 cm³/mol. The lowest BCUT2D eigenvalue weighted by molar-refractivity contribution is -0.343. The van der Waals surface area contributed by atoms with Gasteiger partial charge in [0.15, 0.2) is 6.29 Å². The summed E-state index contributed by atoms with van der Waals surface area (Å²) in [6, 6.07) is 0. The van der Waals surface area contributed by atoms with Gasteiger partial charge >= 0.3 is 0 Å². The van der Waals surface area contributed by atoms with Crippen LogP contribution in [0.3, 0.4) is 0 Å². The number of rotatable bonds is 8. The van der Waals surface area contributed by atoms with E-state index in [9.17, 15) is 40.9 Å². The summed E-state index contributed by atoms with van der Waals surface area (Å²) in [5.41, 5.74) is -1.27. The van der Waals surface area contributed by atoms with E-state index < -0.39 is 80.0 Å². The maximum atomic E-state index is 10.5. The molecule has 0 saturated carbocycles. The van der Waals surface area contributed by atoms with Crippen molar-refractivity contribution in [2.75, 3.05) is 13.2 Å². The van der Waals surface area contributed by atoms with Gasteiger partial charge in [0.25, 0.3) is 0 Å². The summed E-state index contributed by atoms with van der Waals surface area (Å²) in [5.74, 6) is 0. The molecular formula is C18H32O11. The highest BCUT2D eigenvalue weighted by Crippen LogP contribution is 2.32. The van der Waals surface area contributed by atoms with Gasteiger partial charge in [0.1, 0.15) is 48.8 Å². The predicted octanol–water partition coefficient (Wildman–Crippen LogP) is -3.63. The van der Waals surface area contributed by atoms with Gasteiger partial charge in [0.2, 0.25) is 0 Å². The Labute approximate surface area is 168 Å². The second-order valence-electron chi connectivity index (χ2n) is 7.87. The van der Waals surface area contributed by atoms with E-state index in [0.29, 0.717) is 0 Å². The molecule has 8 N–H and O–H groups in total. The van der Waals surface area contributed by atoms with Crippen molar-refractivity contribution >= 4 is 0 Å². The molecule has 2 unspecified atom stereocenters. The third kappa shape index (κ3) is 5.51. The molecule has 2 aliphatic heterocycles. The summed E-state index contributed by atoms with van der Waals surface area (Å²) in [6.45, 7) is 3.78. The van der Waals surface area contributed by atoms with Gasteiger partial charge in [-0.15, -0.1) is 6.58 Å². The van der Waals surface area contributed by atoms with Crippen LogP contribution >= 0.6 is 0 Å². The van der Waals surface area contributed by atoms with Crippen LogP contribution in [0.2, 0.25) is 0 Å². The highest BCUT2D eigenvalue weighted by molar-refractivity contribution is 4.98. The lowest BCUT2D eigenvalue weighted by Gasteiger charge is -2.47. The smallest absolute Gasteiger partial charge is 0.187 e. The van der Waals surface area contributed by atoms with Gasteiger partial charge in [-0.3, -0.25) is 0 Å². The second-order valence-corrected chi connectivity index (χ2v) is 7.87. The molecule has 0 amide bonds. The molecule has 11 nitrogen and oxygen atoms in total. The number of hydrogen-bond donors (Lipinski definition) is 8. The van der Waals surface area contributed by atoms with Crippen molar-refractivity contribution in [1.82, 2.24) is 0 Å². The SMILES string of the molecule is C=CCC(C)(O)CC1O[C@H](CO)[C@@H](O[C@@H]2O[C@H](CO)[C@H](O)[C@H](O)[C@H]2O)[C@H](O)[C@H]1O. The molecule has 0 radical (unpaired) electrons. The van der Waals surface area contributed by atoms with Crippen molar-refractivity contribution in [3.63, 3.8) is 0 Å². The Morgan fingerprint density at radius 3 is 2.00 bits per heavy atom. The van der Waals surface area contributed by atoms with Crippen molar-refractivity contribution < 1.29 is 55.1 Å². The highest BCUT2D eigenvalue weighted by atomic mass is 16.7. The van der Waals surface area contributed by atoms with E-state index in [4.69, 9.17) is 14.2 Å². The average molecular weight is 424 g/mol. The molecule has 0 aromatic heterocycles. The zero-order chi connectivity index (χ0) is 21.9. The molecule has 11 heteroatoms. The first-order valence-corrected chi connectivity index (χ1v) is 9.48. The third-order valence-corrected chi connectivity index (χ3v) is 5.33. The van der Waals surface area contributed by atoms with E-state index in [1.807, 2.05) is 0 Å². The Morgan fingerprint density at radius 2 is 1.45 bits per heavy atom. The second kappa shape index (κ2) is 10.1. The van der Waals surface area contributed by atoms with Crippen LogP contribution in [0.1, 0.15) is 19.8 Å². The molecule has 170 valence electrons. The van der Waals surface area contributed by atoms with Crippen LogP contribution in [0.5, 0.6) is 0 Å². The van der Waals surface area contributed by atoms with Crippen LogP contribution < -0.4 is 0 Å². The maximum Gasteiger partial charge on any atom is 0.187 e. The molecule has 2 aliphatic rings. The number of hydrogen-bond acceptors (Lipinski definition) is 11. The highest BCUT2D eigenvalue weighted by Gasteiger charge is 2.51. The minimum Gasteiger partial charge on any atom is -0.394 e. The van der Waals surface area contributed by atoms with Crippen molar-refractivity contribution in [3.8, 4) is 0 Å². The van der Waals surface area contributed by atoms with E-state index in [-0.39, 0.29) is 12.8 Å². The molecule has 2 rings (SSSR count). The van der Waals surface area contributed by atoms with Gasteiger partial charge in [0.05, 0.1) is 24.9 Å². The molecule has 29 heavy (non-hydrogen) atoms. The zero-order valence-corrected chi connectivity index (χ0v) is 16.2. The molecule has 0 aromatic carbocycles. The van der Waals surface area contributed by atoms with Crippen molar-refractivity contribution in [2.24, 2.45) is 0 Å². The molecule has 2 heterocycles. The summed E-state index contributed by atoms with van der Waals surface area (Å²) in [5, 5.41) is 80.0. The fraction of sp³-hybridized carbons (Fsp3) is 0.889. The van der Waals surface area contributed by atoms with Gasteiger partial charge in [-0.25, -0.2) is 0 Å². The van der Waals surface area contributed by atoms with Crippen LogP contribution in [0.4, 0.5) is 0 Å². The minimum absolute atomic E-state index is 0.0550.